The fraction of sp³-hybridized carbons (Fsp3) is 0.200. The molecule has 2 rings (SSSR count). The van der Waals surface area contributed by atoms with Crippen LogP contribution in [-0.4, -0.2) is 23.8 Å². The molecule has 0 aliphatic carbocycles. The average molecular weight is 324 g/mol. The van der Waals surface area contributed by atoms with Crippen molar-refractivity contribution >= 4 is 17.6 Å². The molecular formula is C20H20O4. The molecule has 0 amide bonds. The normalized spacial score (nSPS) is 12.1. The van der Waals surface area contributed by atoms with Crippen LogP contribution in [-0.2, 0) is 4.79 Å². The van der Waals surface area contributed by atoms with E-state index in [2.05, 4.69) is 0 Å². The summed E-state index contributed by atoms with van der Waals surface area (Å²) in [5.74, 6) is -0.860. The van der Waals surface area contributed by atoms with Crippen LogP contribution in [0.4, 0.5) is 0 Å². The zero-order valence-corrected chi connectivity index (χ0v) is 13.9. The van der Waals surface area contributed by atoms with Crippen LogP contribution in [0.5, 0.6) is 11.5 Å². The van der Waals surface area contributed by atoms with Crippen LogP contribution in [0.2, 0.25) is 0 Å². The zero-order chi connectivity index (χ0) is 17.7. The number of allylic oxidation sites excluding steroid dienone is 1. The first-order chi connectivity index (χ1) is 11.4. The van der Waals surface area contributed by atoms with E-state index < -0.39 is 5.92 Å². The minimum absolute atomic E-state index is 0.0314. The minimum atomic E-state index is -0.747. The van der Waals surface area contributed by atoms with E-state index in [-0.39, 0.29) is 17.3 Å². The number of phenolic OH excluding ortho intramolecular Hbond substituents is 1. The monoisotopic (exact) mass is 324 g/mol. The second-order valence-corrected chi connectivity index (χ2v) is 5.62. The fourth-order valence-electron chi connectivity index (χ4n) is 2.22. The van der Waals surface area contributed by atoms with Gasteiger partial charge >= 0.3 is 0 Å². The molecule has 2 aromatic rings. The summed E-state index contributed by atoms with van der Waals surface area (Å²) in [4.78, 5) is 24.6. The van der Waals surface area contributed by atoms with Gasteiger partial charge in [0.05, 0.1) is 13.0 Å². The highest BCUT2D eigenvalue weighted by Crippen LogP contribution is 2.26. The molecule has 1 atom stereocenters. The smallest absolute Gasteiger partial charge is 0.173 e. The van der Waals surface area contributed by atoms with E-state index in [1.165, 1.54) is 19.3 Å². The Morgan fingerprint density at radius 1 is 1.12 bits per heavy atom. The third-order valence-electron chi connectivity index (χ3n) is 3.80. The Morgan fingerprint density at radius 2 is 1.79 bits per heavy atom. The van der Waals surface area contributed by atoms with Gasteiger partial charge in [-0.3, -0.25) is 9.59 Å². The van der Waals surface area contributed by atoms with Crippen molar-refractivity contribution in [2.75, 3.05) is 7.11 Å². The first kappa shape index (κ1) is 17.5. The molecule has 0 aliphatic heterocycles. The Hall–Kier alpha value is -2.88. The van der Waals surface area contributed by atoms with Crippen molar-refractivity contribution in [3.63, 3.8) is 0 Å². The van der Waals surface area contributed by atoms with Crippen molar-refractivity contribution in [3.05, 3.63) is 65.2 Å². The number of hydrogen-bond acceptors (Lipinski definition) is 4. The number of hydrogen-bond donors (Lipinski definition) is 1. The molecule has 4 heteroatoms. The van der Waals surface area contributed by atoms with Crippen molar-refractivity contribution in [1.82, 2.24) is 0 Å². The summed E-state index contributed by atoms with van der Waals surface area (Å²) in [6.07, 6.45) is 2.98. The molecule has 0 bridgehead atoms. The van der Waals surface area contributed by atoms with Crippen molar-refractivity contribution in [2.24, 2.45) is 5.92 Å². The molecule has 124 valence electrons. The number of aromatic hydroxyl groups is 1. The highest BCUT2D eigenvalue weighted by atomic mass is 16.5. The molecule has 0 saturated carbocycles. The summed E-state index contributed by atoms with van der Waals surface area (Å²) in [7, 11) is 1.45. The standard InChI is InChI=1S/C20H20O4/c1-13-4-8-16(9-5-13)20(23)14(2)17(21)10-6-15-7-11-18(22)19(12-15)24-3/h4-12,14,22H,1-3H3/b10-6+. The lowest BCUT2D eigenvalue weighted by Crippen LogP contribution is -2.19. The molecule has 1 unspecified atom stereocenters. The Labute approximate surface area is 141 Å². The van der Waals surface area contributed by atoms with Crippen molar-refractivity contribution in [3.8, 4) is 11.5 Å². The summed E-state index contributed by atoms with van der Waals surface area (Å²) >= 11 is 0. The minimum Gasteiger partial charge on any atom is -0.504 e. The average Bonchev–Trinajstić information content (AvgIpc) is 2.60. The molecule has 4 nitrogen and oxygen atoms in total. The van der Waals surface area contributed by atoms with Gasteiger partial charge in [0.1, 0.15) is 0 Å². The summed E-state index contributed by atoms with van der Waals surface area (Å²) in [5, 5.41) is 9.56. The SMILES string of the molecule is COc1cc(/C=C/C(=O)C(C)C(=O)c2ccc(C)cc2)ccc1O. The predicted octanol–water partition coefficient (Wildman–Crippen LogP) is 3.81. The number of benzene rings is 2. The van der Waals surface area contributed by atoms with E-state index in [1.807, 2.05) is 19.1 Å². The molecule has 2 aromatic carbocycles. The number of carbonyl (C=O) groups excluding carboxylic acids is 2. The number of rotatable bonds is 6. The van der Waals surface area contributed by atoms with Gasteiger partial charge in [0.15, 0.2) is 23.1 Å². The third-order valence-corrected chi connectivity index (χ3v) is 3.80. The van der Waals surface area contributed by atoms with Gasteiger partial charge in [-0.15, -0.1) is 0 Å². The second-order valence-electron chi connectivity index (χ2n) is 5.62. The third kappa shape index (κ3) is 4.10. The quantitative estimate of drug-likeness (QED) is 0.498. The fourth-order valence-corrected chi connectivity index (χ4v) is 2.22. The molecular weight excluding hydrogens is 304 g/mol. The molecule has 0 heterocycles. The second kappa shape index (κ2) is 7.59. The number of ketones is 2. The van der Waals surface area contributed by atoms with Crippen LogP contribution < -0.4 is 4.74 Å². The maximum Gasteiger partial charge on any atom is 0.173 e. The highest BCUT2D eigenvalue weighted by molar-refractivity contribution is 6.14. The first-order valence-corrected chi connectivity index (χ1v) is 7.62. The number of methoxy groups -OCH3 is 1. The largest absolute Gasteiger partial charge is 0.504 e. The van der Waals surface area contributed by atoms with Gasteiger partial charge in [0.2, 0.25) is 0 Å². The summed E-state index contributed by atoms with van der Waals surface area (Å²) in [6.45, 7) is 3.55. The van der Waals surface area contributed by atoms with Gasteiger partial charge in [-0.2, -0.15) is 0 Å². The number of aryl methyl sites for hydroxylation is 1. The Bertz CT molecular complexity index is 773. The molecule has 0 fully saturated rings. The molecule has 0 spiro atoms. The van der Waals surface area contributed by atoms with Crippen LogP contribution in [0.3, 0.4) is 0 Å². The first-order valence-electron chi connectivity index (χ1n) is 7.62. The summed E-state index contributed by atoms with van der Waals surface area (Å²) < 4.78 is 5.02. The van der Waals surface area contributed by atoms with E-state index in [9.17, 15) is 14.7 Å². The summed E-state index contributed by atoms with van der Waals surface area (Å²) in [6, 6.07) is 11.9. The maximum absolute atomic E-state index is 12.3. The van der Waals surface area contributed by atoms with E-state index in [0.717, 1.165) is 5.56 Å². The number of Topliss-reactive ketones (excluding diaryl/α,β-unsaturated/α-hetero) is 1. The zero-order valence-electron chi connectivity index (χ0n) is 13.9. The number of ether oxygens (including phenoxy) is 1. The van der Waals surface area contributed by atoms with Crippen molar-refractivity contribution < 1.29 is 19.4 Å². The Kier molecular flexibility index (Phi) is 5.53. The molecule has 1 N–H and O–H groups in total. The van der Waals surface area contributed by atoms with Gasteiger partial charge in [0, 0.05) is 5.56 Å². The van der Waals surface area contributed by atoms with Crippen molar-refractivity contribution in [1.29, 1.82) is 0 Å². The summed E-state index contributed by atoms with van der Waals surface area (Å²) in [5.41, 5.74) is 2.29. The van der Waals surface area contributed by atoms with Crippen molar-refractivity contribution in [2.45, 2.75) is 13.8 Å². The van der Waals surface area contributed by atoms with Crippen LogP contribution >= 0.6 is 0 Å². The van der Waals surface area contributed by atoms with E-state index in [0.29, 0.717) is 16.9 Å². The topological polar surface area (TPSA) is 63.6 Å². The van der Waals surface area contributed by atoms with E-state index >= 15 is 0 Å². The van der Waals surface area contributed by atoms with Gasteiger partial charge in [-0.25, -0.2) is 0 Å². The molecule has 24 heavy (non-hydrogen) atoms. The molecule has 0 radical (unpaired) electrons. The lowest BCUT2D eigenvalue weighted by Gasteiger charge is -2.07. The van der Waals surface area contributed by atoms with Gasteiger partial charge in [-0.05, 0) is 37.6 Å². The van der Waals surface area contributed by atoms with Crippen LogP contribution in [0.15, 0.2) is 48.5 Å². The Morgan fingerprint density at radius 3 is 2.42 bits per heavy atom. The molecule has 0 aromatic heterocycles. The van der Waals surface area contributed by atoms with Gasteiger partial charge in [-0.1, -0.05) is 42.0 Å². The lowest BCUT2D eigenvalue weighted by molar-refractivity contribution is -0.116. The van der Waals surface area contributed by atoms with Crippen LogP contribution in [0.1, 0.15) is 28.4 Å². The highest BCUT2D eigenvalue weighted by Gasteiger charge is 2.20. The maximum atomic E-state index is 12.3. The number of phenols is 1. The molecule has 0 aliphatic rings. The van der Waals surface area contributed by atoms with E-state index in [1.54, 1.807) is 37.3 Å². The lowest BCUT2D eigenvalue weighted by atomic mass is 9.94. The van der Waals surface area contributed by atoms with E-state index in [4.69, 9.17) is 4.74 Å². The van der Waals surface area contributed by atoms with Gasteiger partial charge in [0.25, 0.3) is 0 Å². The van der Waals surface area contributed by atoms with Crippen LogP contribution in [0.25, 0.3) is 6.08 Å². The van der Waals surface area contributed by atoms with Gasteiger partial charge < -0.3 is 9.84 Å². The van der Waals surface area contributed by atoms with Crippen LogP contribution in [0, 0.1) is 12.8 Å². The number of carbonyl (C=O) groups is 2. The Balaban J connectivity index is 2.10. The molecule has 0 saturated heterocycles. The predicted molar refractivity (Wildman–Crippen MR) is 93.4 cm³/mol.